The van der Waals surface area contributed by atoms with Crippen LogP contribution in [0.4, 0.5) is 10.1 Å². The predicted molar refractivity (Wildman–Crippen MR) is 150 cm³/mol. The van der Waals surface area contributed by atoms with Gasteiger partial charge in [0.25, 0.3) is 10.0 Å². The Kier molecular flexibility index (Phi) is 10.7. The van der Waals surface area contributed by atoms with Crippen LogP contribution in [0, 0.1) is 12.7 Å². The van der Waals surface area contributed by atoms with Crippen LogP contribution in [0.3, 0.4) is 0 Å². The van der Waals surface area contributed by atoms with Crippen LogP contribution in [0.15, 0.2) is 71.6 Å². The number of sulfonamides is 1. The van der Waals surface area contributed by atoms with Gasteiger partial charge in [-0.3, -0.25) is 14.5 Å². The van der Waals surface area contributed by atoms with E-state index in [4.69, 9.17) is 23.2 Å². The number of carbonyl (C=O) groups excluding carboxylic acids is 1. The van der Waals surface area contributed by atoms with Crippen LogP contribution in [-0.2, 0) is 14.8 Å². The molecule has 2 heterocycles. The molecule has 6 nitrogen and oxygen atoms in total. The molecule has 0 amide bonds. The summed E-state index contributed by atoms with van der Waals surface area (Å²) >= 11 is 12.3. The highest BCUT2D eigenvalue weighted by atomic mass is 35.5. The molecule has 0 unspecified atom stereocenters. The SMILES string of the molecule is C=CN1CCC=C(c2c(Cl)ccc(NS(=O)(=O)c3cc(Cl)cnc3C)c2F)/C=C\C1=C(\C)C(C)=O.CC. The number of carbonyl (C=O) groups is 1. The van der Waals surface area contributed by atoms with Crippen LogP contribution >= 0.6 is 23.2 Å². The first-order valence-corrected chi connectivity index (χ1v) is 13.8. The first-order valence-electron chi connectivity index (χ1n) is 11.6. The Labute approximate surface area is 228 Å². The highest BCUT2D eigenvalue weighted by molar-refractivity contribution is 7.92. The Morgan fingerprint density at radius 1 is 1.22 bits per heavy atom. The molecule has 0 saturated heterocycles. The third-order valence-corrected chi connectivity index (χ3v) is 7.52. The summed E-state index contributed by atoms with van der Waals surface area (Å²) in [5.74, 6) is -0.936. The molecule has 198 valence electrons. The normalized spacial score (nSPS) is 15.9. The third kappa shape index (κ3) is 7.09. The number of pyridine rings is 1. The lowest BCUT2D eigenvalue weighted by Crippen LogP contribution is -2.20. The van der Waals surface area contributed by atoms with Gasteiger partial charge in [-0.2, -0.15) is 0 Å². The topological polar surface area (TPSA) is 79.4 Å². The van der Waals surface area contributed by atoms with E-state index in [1.807, 2.05) is 18.7 Å². The maximum Gasteiger partial charge on any atom is 0.263 e. The van der Waals surface area contributed by atoms with E-state index < -0.39 is 15.8 Å². The van der Waals surface area contributed by atoms with Crippen molar-refractivity contribution in [3.63, 3.8) is 0 Å². The zero-order valence-electron chi connectivity index (χ0n) is 21.4. The van der Waals surface area contributed by atoms with Gasteiger partial charge in [0.15, 0.2) is 11.6 Å². The summed E-state index contributed by atoms with van der Waals surface area (Å²) in [5, 5.41) is 0.244. The van der Waals surface area contributed by atoms with Gasteiger partial charge in [-0.25, -0.2) is 12.8 Å². The van der Waals surface area contributed by atoms with Gasteiger partial charge in [-0.05, 0) is 63.2 Å². The zero-order valence-corrected chi connectivity index (χ0v) is 23.7. The summed E-state index contributed by atoms with van der Waals surface area (Å²) in [7, 11) is -4.18. The number of aromatic nitrogens is 1. The van der Waals surface area contributed by atoms with Crippen molar-refractivity contribution in [2.45, 2.75) is 45.9 Å². The highest BCUT2D eigenvalue weighted by Gasteiger charge is 2.23. The molecule has 1 aromatic heterocycles. The minimum atomic E-state index is -4.18. The molecule has 1 aliphatic heterocycles. The number of anilines is 1. The number of nitrogens with one attached hydrogen (secondary N) is 1. The van der Waals surface area contributed by atoms with Gasteiger partial charge < -0.3 is 4.90 Å². The van der Waals surface area contributed by atoms with Crippen LogP contribution in [0.5, 0.6) is 0 Å². The van der Waals surface area contributed by atoms with E-state index in [9.17, 15) is 13.2 Å². The number of benzene rings is 1. The smallest absolute Gasteiger partial charge is 0.263 e. The van der Waals surface area contributed by atoms with E-state index >= 15 is 4.39 Å². The van der Waals surface area contributed by atoms with Gasteiger partial charge >= 0.3 is 0 Å². The van der Waals surface area contributed by atoms with Gasteiger partial charge in [0.2, 0.25) is 0 Å². The van der Waals surface area contributed by atoms with Crippen LogP contribution < -0.4 is 4.72 Å². The van der Waals surface area contributed by atoms with E-state index in [0.29, 0.717) is 29.8 Å². The molecule has 1 aromatic carbocycles. The van der Waals surface area contributed by atoms with Gasteiger partial charge in [0, 0.05) is 29.6 Å². The molecule has 1 aliphatic rings. The maximum absolute atomic E-state index is 15.7. The average molecular weight is 567 g/mol. The number of hydrogen-bond donors (Lipinski definition) is 1. The minimum absolute atomic E-state index is 0.0379. The zero-order chi connectivity index (χ0) is 27.9. The Morgan fingerprint density at radius 3 is 2.51 bits per heavy atom. The summed E-state index contributed by atoms with van der Waals surface area (Å²) in [6, 6.07) is 3.92. The summed E-state index contributed by atoms with van der Waals surface area (Å²) in [4.78, 5) is 17.6. The number of halogens is 3. The average Bonchev–Trinajstić information content (AvgIpc) is 2.84. The molecule has 0 bridgehead atoms. The lowest BCUT2D eigenvalue weighted by Gasteiger charge is -2.24. The second-order valence-corrected chi connectivity index (χ2v) is 10.3. The molecule has 0 atom stereocenters. The van der Waals surface area contributed by atoms with Crippen LogP contribution in [-0.4, -0.2) is 30.6 Å². The van der Waals surface area contributed by atoms with E-state index in [1.165, 1.54) is 38.2 Å². The minimum Gasteiger partial charge on any atom is -0.348 e. The summed E-state index contributed by atoms with van der Waals surface area (Å²) in [5.41, 5.74) is 1.59. The first-order chi connectivity index (χ1) is 17.5. The number of allylic oxidation sites excluding steroid dienone is 4. The van der Waals surface area contributed by atoms with Crippen molar-refractivity contribution in [1.29, 1.82) is 0 Å². The molecular formula is C27H30Cl2FN3O3S. The third-order valence-electron chi connectivity index (χ3n) is 5.52. The first kappa shape index (κ1) is 30.3. The molecule has 0 spiro atoms. The largest absolute Gasteiger partial charge is 0.348 e. The number of Topliss-reactive ketones (excluding diaryl/α,β-unsaturated/α-hetero) is 1. The van der Waals surface area contributed by atoms with E-state index in [0.717, 1.165) is 0 Å². The fraction of sp³-hybridized carbons (Fsp3) is 0.259. The molecule has 0 saturated carbocycles. The highest BCUT2D eigenvalue weighted by Crippen LogP contribution is 2.35. The predicted octanol–water partition coefficient (Wildman–Crippen LogP) is 7.31. The fourth-order valence-electron chi connectivity index (χ4n) is 3.56. The van der Waals surface area contributed by atoms with Crippen molar-refractivity contribution in [3.8, 4) is 0 Å². The number of hydrogen-bond acceptors (Lipinski definition) is 5. The fourth-order valence-corrected chi connectivity index (χ4v) is 5.32. The second kappa shape index (κ2) is 13.0. The van der Waals surface area contributed by atoms with Crippen molar-refractivity contribution >= 4 is 50.3 Å². The molecule has 0 fully saturated rings. The Hall–Kier alpha value is -2.94. The summed E-state index contributed by atoms with van der Waals surface area (Å²) < 4.78 is 43.9. The quantitative estimate of drug-likeness (QED) is 0.371. The van der Waals surface area contributed by atoms with Crippen molar-refractivity contribution in [1.82, 2.24) is 9.88 Å². The Bertz CT molecular complexity index is 1400. The number of nitrogens with zero attached hydrogens (tertiary/aromatic N) is 2. The van der Waals surface area contributed by atoms with Crippen molar-refractivity contribution in [2.75, 3.05) is 11.3 Å². The standard InChI is InChI=1S/C25H24Cl2FN3O3S.C2H6/c1-5-31-12-6-7-18(8-11-22(31)15(2)17(4)32)24-20(27)9-10-21(25(24)28)30-35(33,34)23-13-19(26)14-29-16(23)3;1-2/h5,7-11,13-14,30H,1,6,12H2,2-4H3;1-2H3/b11-8-,18-7?,22-15+;. The molecule has 1 N–H and O–H groups in total. The summed E-state index contributed by atoms with van der Waals surface area (Å²) in [6.07, 6.45) is 8.58. The van der Waals surface area contributed by atoms with Crippen molar-refractivity contribution < 1.29 is 17.6 Å². The molecule has 37 heavy (non-hydrogen) atoms. The van der Waals surface area contributed by atoms with Gasteiger partial charge in [0.05, 0.1) is 21.4 Å². The van der Waals surface area contributed by atoms with Crippen molar-refractivity contribution in [2.24, 2.45) is 0 Å². The van der Waals surface area contributed by atoms with Crippen LogP contribution in [0.2, 0.25) is 10.0 Å². The Morgan fingerprint density at radius 2 is 1.89 bits per heavy atom. The number of rotatable bonds is 6. The van der Waals surface area contributed by atoms with E-state index in [-0.39, 0.29) is 37.7 Å². The summed E-state index contributed by atoms with van der Waals surface area (Å²) in [6.45, 7) is 13.0. The molecule has 2 aromatic rings. The van der Waals surface area contributed by atoms with Crippen molar-refractivity contribution in [3.05, 3.63) is 93.8 Å². The van der Waals surface area contributed by atoms with Gasteiger partial charge in [-0.15, -0.1) is 0 Å². The second-order valence-electron chi connectivity index (χ2n) is 7.85. The number of aryl methyl sites for hydroxylation is 1. The maximum atomic E-state index is 15.7. The molecule has 0 radical (unpaired) electrons. The molecular weight excluding hydrogens is 536 g/mol. The molecule has 10 heteroatoms. The van der Waals surface area contributed by atoms with Gasteiger partial charge in [0.1, 0.15) is 4.90 Å². The van der Waals surface area contributed by atoms with Crippen LogP contribution in [0.1, 0.15) is 45.4 Å². The van der Waals surface area contributed by atoms with Gasteiger partial charge in [-0.1, -0.05) is 55.8 Å². The molecule has 3 rings (SSSR count). The molecule has 0 aliphatic carbocycles. The lowest BCUT2D eigenvalue weighted by molar-refractivity contribution is -0.113. The monoisotopic (exact) mass is 565 g/mol. The van der Waals surface area contributed by atoms with E-state index in [1.54, 1.807) is 31.4 Å². The lowest BCUT2D eigenvalue weighted by atomic mass is 9.99. The number of ketones is 1. The van der Waals surface area contributed by atoms with Crippen LogP contribution in [0.25, 0.3) is 5.57 Å². The van der Waals surface area contributed by atoms with E-state index in [2.05, 4.69) is 16.3 Å². The Balaban J connectivity index is 0.00000235.